The van der Waals surface area contributed by atoms with Crippen LogP contribution in [0.1, 0.15) is 13.3 Å². The van der Waals surface area contributed by atoms with Crippen LogP contribution in [0.2, 0.25) is 0 Å². The number of rotatable bonds is 2. The fourth-order valence-electron chi connectivity index (χ4n) is 2.81. The summed E-state index contributed by atoms with van der Waals surface area (Å²) in [6.45, 7) is 2.85. The van der Waals surface area contributed by atoms with E-state index in [1.165, 1.54) is 0 Å². The molecule has 0 radical (unpaired) electrons. The summed E-state index contributed by atoms with van der Waals surface area (Å²) in [5.74, 6) is 0.472. The van der Waals surface area contributed by atoms with Gasteiger partial charge in [0.05, 0.1) is 10.9 Å². The molecule has 3 amide bonds. The van der Waals surface area contributed by atoms with Gasteiger partial charge in [0.25, 0.3) is 0 Å². The highest BCUT2D eigenvalue weighted by molar-refractivity contribution is 5.91. The zero-order valence-corrected chi connectivity index (χ0v) is 12.7. The van der Waals surface area contributed by atoms with Gasteiger partial charge in [-0.15, -0.1) is 5.10 Å². The van der Waals surface area contributed by atoms with Crippen LogP contribution in [0, 0.1) is 5.41 Å². The number of pyridine rings is 1. The quantitative estimate of drug-likeness (QED) is 0.878. The Labute approximate surface area is 128 Å². The van der Waals surface area contributed by atoms with Crippen LogP contribution in [0.25, 0.3) is 5.52 Å². The van der Waals surface area contributed by atoms with Crippen LogP contribution in [0.4, 0.5) is 10.6 Å². The standard InChI is InChI=1S/C15H19N5O2/c1-15(13(21)16-2)6-8-19(10-15)14(22)17-12-9-11-5-3-4-7-20(11)18-12/h3-5,7,9H,6,8,10H2,1-2H3,(H,16,21)(H,17,18,22). The highest BCUT2D eigenvalue weighted by Crippen LogP contribution is 2.30. The van der Waals surface area contributed by atoms with Gasteiger partial charge in [0.2, 0.25) is 5.91 Å². The second-order valence-corrected chi connectivity index (χ2v) is 5.84. The van der Waals surface area contributed by atoms with E-state index in [1.54, 1.807) is 16.5 Å². The van der Waals surface area contributed by atoms with Gasteiger partial charge in [0.15, 0.2) is 5.82 Å². The monoisotopic (exact) mass is 301 g/mol. The number of nitrogens with one attached hydrogen (secondary N) is 2. The zero-order chi connectivity index (χ0) is 15.7. The molecule has 0 bridgehead atoms. The van der Waals surface area contributed by atoms with Crippen molar-refractivity contribution in [3.63, 3.8) is 0 Å². The third-order valence-corrected chi connectivity index (χ3v) is 4.14. The van der Waals surface area contributed by atoms with E-state index in [1.807, 2.05) is 37.4 Å². The Morgan fingerprint density at radius 3 is 2.91 bits per heavy atom. The molecule has 3 rings (SSSR count). The predicted molar refractivity (Wildman–Crippen MR) is 82.6 cm³/mol. The third kappa shape index (κ3) is 2.49. The van der Waals surface area contributed by atoms with E-state index >= 15 is 0 Å². The number of amides is 3. The largest absolute Gasteiger partial charge is 0.359 e. The molecule has 0 aliphatic carbocycles. The highest BCUT2D eigenvalue weighted by atomic mass is 16.2. The molecule has 1 unspecified atom stereocenters. The van der Waals surface area contributed by atoms with Crippen LogP contribution >= 0.6 is 0 Å². The van der Waals surface area contributed by atoms with Crippen LogP contribution in [0.15, 0.2) is 30.5 Å². The van der Waals surface area contributed by atoms with Crippen molar-refractivity contribution in [1.82, 2.24) is 19.8 Å². The van der Waals surface area contributed by atoms with Gasteiger partial charge in [0.1, 0.15) is 0 Å². The first kappa shape index (κ1) is 14.4. The summed E-state index contributed by atoms with van der Waals surface area (Å²) in [5, 5.41) is 9.74. The second kappa shape index (κ2) is 5.32. The summed E-state index contributed by atoms with van der Waals surface area (Å²) in [5.41, 5.74) is 0.389. The van der Waals surface area contributed by atoms with Crippen LogP contribution in [-0.4, -0.2) is 46.6 Å². The maximum Gasteiger partial charge on any atom is 0.323 e. The van der Waals surface area contributed by atoms with Gasteiger partial charge >= 0.3 is 6.03 Å². The molecule has 7 heteroatoms. The molecule has 2 aromatic rings. The van der Waals surface area contributed by atoms with E-state index in [9.17, 15) is 9.59 Å². The van der Waals surface area contributed by atoms with Gasteiger partial charge in [0, 0.05) is 32.4 Å². The summed E-state index contributed by atoms with van der Waals surface area (Å²) < 4.78 is 1.70. The van der Waals surface area contributed by atoms with Gasteiger partial charge in [-0.2, -0.15) is 0 Å². The molecule has 0 saturated carbocycles. The molecule has 1 saturated heterocycles. The van der Waals surface area contributed by atoms with Crippen molar-refractivity contribution < 1.29 is 9.59 Å². The van der Waals surface area contributed by atoms with E-state index in [2.05, 4.69) is 15.7 Å². The number of aromatic nitrogens is 2. The summed E-state index contributed by atoms with van der Waals surface area (Å²) >= 11 is 0. The zero-order valence-electron chi connectivity index (χ0n) is 12.7. The van der Waals surface area contributed by atoms with E-state index < -0.39 is 5.41 Å². The van der Waals surface area contributed by atoms with Gasteiger partial charge in [-0.3, -0.25) is 10.1 Å². The molecule has 3 heterocycles. The van der Waals surface area contributed by atoms with E-state index in [0.717, 1.165) is 5.52 Å². The van der Waals surface area contributed by atoms with E-state index in [-0.39, 0.29) is 11.9 Å². The first-order valence-corrected chi connectivity index (χ1v) is 7.24. The fourth-order valence-corrected chi connectivity index (χ4v) is 2.81. The van der Waals surface area contributed by atoms with Gasteiger partial charge in [-0.25, -0.2) is 9.31 Å². The van der Waals surface area contributed by atoms with E-state index in [4.69, 9.17) is 0 Å². The number of hydrogen-bond donors (Lipinski definition) is 2. The van der Waals surface area contributed by atoms with Gasteiger partial charge in [-0.1, -0.05) is 6.07 Å². The maximum atomic E-state index is 12.3. The molecular formula is C15H19N5O2. The molecule has 1 aliphatic heterocycles. The Balaban J connectivity index is 1.69. The first-order chi connectivity index (χ1) is 10.5. The molecule has 116 valence electrons. The Kier molecular flexibility index (Phi) is 3.48. The minimum absolute atomic E-state index is 0.0319. The lowest BCUT2D eigenvalue weighted by atomic mass is 9.89. The van der Waals surface area contributed by atoms with Crippen molar-refractivity contribution in [2.45, 2.75) is 13.3 Å². The van der Waals surface area contributed by atoms with Gasteiger partial charge < -0.3 is 10.2 Å². The minimum Gasteiger partial charge on any atom is -0.359 e. The molecule has 2 N–H and O–H groups in total. The number of nitrogens with zero attached hydrogens (tertiary/aromatic N) is 3. The van der Waals surface area contributed by atoms with Crippen LogP contribution in [0.3, 0.4) is 0 Å². The number of likely N-dealkylation sites (tertiary alicyclic amines) is 1. The molecule has 7 nitrogen and oxygen atoms in total. The van der Waals surface area contributed by atoms with Crippen LogP contribution in [-0.2, 0) is 4.79 Å². The SMILES string of the molecule is CNC(=O)C1(C)CCN(C(=O)Nc2cc3ccccn3n2)C1. The average Bonchev–Trinajstić information content (AvgIpc) is 3.10. The summed E-state index contributed by atoms with van der Waals surface area (Å²) in [6.07, 6.45) is 2.48. The Hall–Kier alpha value is -2.57. The number of carbonyl (C=O) groups is 2. The molecule has 1 atom stereocenters. The topological polar surface area (TPSA) is 78.7 Å². The molecule has 0 aromatic carbocycles. The Morgan fingerprint density at radius 1 is 1.36 bits per heavy atom. The summed E-state index contributed by atoms with van der Waals surface area (Å²) in [6, 6.07) is 7.29. The lowest BCUT2D eigenvalue weighted by molar-refractivity contribution is -0.128. The number of carbonyl (C=O) groups excluding carboxylic acids is 2. The number of hydrogen-bond acceptors (Lipinski definition) is 3. The van der Waals surface area contributed by atoms with Crippen molar-refractivity contribution in [3.05, 3.63) is 30.5 Å². The van der Waals surface area contributed by atoms with E-state index in [0.29, 0.717) is 25.3 Å². The normalized spacial score (nSPS) is 21.1. The lowest BCUT2D eigenvalue weighted by Crippen LogP contribution is -2.41. The molecule has 1 aliphatic rings. The Bertz CT molecular complexity index is 693. The molecule has 22 heavy (non-hydrogen) atoms. The van der Waals surface area contributed by atoms with Gasteiger partial charge in [-0.05, 0) is 25.5 Å². The summed E-state index contributed by atoms with van der Waals surface area (Å²) in [4.78, 5) is 25.9. The Morgan fingerprint density at radius 2 is 2.18 bits per heavy atom. The lowest BCUT2D eigenvalue weighted by Gasteiger charge is -2.22. The average molecular weight is 301 g/mol. The summed E-state index contributed by atoms with van der Waals surface area (Å²) in [7, 11) is 1.62. The predicted octanol–water partition coefficient (Wildman–Crippen LogP) is 1.32. The number of fused-ring (bicyclic) bond motifs is 1. The molecule has 2 aromatic heterocycles. The van der Waals surface area contributed by atoms with Crippen molar-refractivity contribution in [1.29, 1.82) is 0 Å². The smallest absolute Gasteiger partial charge is 0.323 e. The number of anilines is 1. The van der Waals surface area contributed by atoms with Crippen molar-refractivity contribution >= 4 is 23.3 Å². The first-order valence-electron chi connectivity index (χ1n) is 7.24. The van der Waals surface area contributed by atoms with Crippen molar-refractivity contribution in [2.24, 2.45) is 5.41 Å². The third-order valence-electron chi connectivity index (χ3n) is 4.14. The molecular weight excluding hydrogens is 282 g/mol. The number of urea groups is 1. The second-order valence-electron chi connectivity index (χ2n) is 5.84. The van der Waals surface area contributed by atoms with Crippen molar-refractivity contribution in [2.75, 3.05) is 25.5 Å². The fraction of sp³-hybridized carbons (Fsp3) is 0.400. The van der Waals surface area contributed by atoms with Crippen LogP contribution in [0.5, 0.6) is 0 Å². The maximum absolute atomic E-state index is 12.3. The highest BCUT2D eigenvalue weighted by Gasteiger charge is 2.41. The molecule has 0 spiro atoms. The minimum atomic E-state index is -0.523. The molecule has 1 fully saturated rings. The van der Waals surface area contributed by atoms with Crippen molar-refractivity contribution in [3.8, 4) is 0 Å². The van der Waals surface area contributed by atoms with Crippen LogP contribution < -0.4 is 10.6 Å².